The molecule has 2 rings (SSSR count). The fourth-order valence-corrected chi connectivity index (χ4v) is 2.31. The molecule has 0 bridgehead atoms. The molecule has 0 amide bonds. The number of nitrogens with zero attached hydrogens (tertiary/aromatic N) is 1. The third-order valence-corrected chi connectivity index (χ3v) is 3.64. The lowest BCUT2D eigenvalue weighted by Crippen LogP contribution is -2.22. The first-order valence-corrected chi connectivity index (χ1v) is 7.36. The number of Topliss-reactive ketones (excluding diaryl/α,β-unsaturated/α-hetero) is 2. The summed E-state index contributed by atoms with van der Waals surface area (Å²) in [6.07, 6.45) is 0. The molecule has 2 aromatic rings. The van der Waals surface area contributed by atoms with Gasteiger partial charge in [-0.3, -0.25) is 9.59 Å². The van der Waals surface area contributed by atoms with E-state index in [4.69, 9.17) is 5.73 Å². The number of nitrogens with two attached hydrogens (primary N) is 1. The van der Waals surface area contributed by atoms with E-state index >= 15 is 0 Å². The maximum Gasteiger partial charge on any atom is 0.233 e. The van der Waals surface area contributed by atoms with Crippen molar-refractivity contribution < 1.29 is 9.59 Å². The average molecular weight is 296 g/mol. The van der Waals surface area contributed by atoms with Crippen LogP contribution in [0.3, 0.4) is 0 Å². The van der Waals surface area contributed by atoms with Gasteiger partial charge in [0.2, 0.25) is 11.6 Å². The van der Waals surface area contributed by atoms with E-state index in [1.807, 2.05) is 12.1 Å². The normalized spacial score (nSPS) is 10.3. The van der Waals surface area contributed by atoms with Crippen LogP contribution in [0.15, 0.2) is 48.5 Å². The minimum atomic E-state index is -0.518. The summed E-state index contributed by atoms with van der Waals surface area (Å²) in [7, 11) is 0. The van der Waals surface area contributed by atoms with Crippen molar-refractivity contribution in [3.63, 3.8) is 0 Å². The van der Waals surface area contributed by atoms with E-state index in [1.54, 1.807) is 36.4 Å². The maximum absolute atomic E-state index is 12.3. The van der Waals surface area contributed by atoms with Gasteiger partial charge in [0.05, 0.1) is 0 Å². The Kier molecular flexibility index (Phi) is 4.94. The summed E-state index contributed by atoms with van der Waals surface area (Å²) in [6.45, 7) is 5.95. The zero-order valence-corrected chi connectivity index (χ0v) is 12.9. The lowest BCUT2D eigenvalue weighted by atomic mass is 10.0. The van der Waals surface area contributed by atoms with Crippen LogP contribution in [0.2, 0.25) is 0 Å². The SMILES string of the molecule is CCN(CC)c1ccc(C(=O)C(=O)c2ccc(N)cc2)cc1. The minimum Gasteiger partial charge on any atom is -0.399 e. The fraction of sp³-hybridized carbons (Fsp3) is 0.222. The molecular weight excluding hydrogens is 276 g/mol. The van der Waals surface area contributed by atoms with Crippen LogP contribution < -0.4 is 10.6 Å². The Bertz CT molecular complexity index is 656. The lowest BCUT2D eigenvalue weighted by molar-refractivity contribution is 0.0817. The topological polar surface area (TPSA) is 63.4 Å². The van der Waals surface area contributed by atoms with Crippen molar-refractivity contribution in [2.24, 2.45) is 0 Å². The van der Waals surface area contributed by atoms with Crippen molar-refractivity contribution in [1.29, 1.82) is 0 Å². The largest absolute Gasteiger partial charge is 0.399 e. The highest BCUT2D eigenvalue weighted by Crippen LogP contribution is 2.17. The van der Waals surface area contributed by atoms with Crippen LogP contribution in [-0.4, -0.2) is 24.7 Å². The predicted molar refractivity (Wildman–Crippen MR) is 89.5 cm³/mol. The third kappa shape index (κ3) is 3.34. The first kappa shape index (κ1) is 15.8. The van der Waals surface area contributed by atoms with Gasteiger partial charge in [-0.25, -0.2) is 0 Å². The average Bonchev–Trinajstić information content (AvgIpc) is 2.56. The minimum absolute atomic E-state index is 0.354. The Morgan fingerprint density at radius 1 is 0.818 bits per heavy atom. The molecule has 0 aromatic heterocycles. The first-order chi connectivity index (χ1) is 10.6. The van der Waals surface area contributed by atoms with E-state index in [1.165, 1.54) is 0 Å². The lowest BCUT2D eigenvalue weighted by Gasteiger charge is -2.20. The van der Waals surface area contributed by atoms with Crippen LogP contribution in [0.4, 0.5) is 11.4 Å². The first-order valence-electron chi connectivity index (χ1n) is 7.36. The molecule has 0 aliphatic rings. The zero-order valence-electron chi connectivity index (χ0n) is 12.9. The zero-order chi connectivity index (χ0) is 16.1. The van der Waals surface area contributed by atoms with E-state index in [0.29, 0.717) is 16.8 Å². The van der Waals surface area contributed by atoms with E-state index in [2.05, 4.69) is 18.7 Å². The summed E-state index contributed by atoms with van der Waals surface area (Å²) in [5.74, 6) is -1.02. The number of anilines is 2. The second kappa shape index (κ2) is 6.89. The third-order valence-electron chi connectivity index (χ3n) is 3.64. The second-order valence-electron chi connectivity index (χ2n) is 5.00. The molecule has 4 nitrogen and oxygen atoms in total. The highest BCUT2D eigenvalue weighted by molar-refractivity contribution is 6.49. The number of ketones is 2. The molecule has 0 atom stereocenters. The van der Waals surface area contributed by atoms with Crippen LogP contribution in [0.5, 0.6) is 0 Å². The van der Waals surface area contributed by atoms with Crippen molar-refractivity contribution in [2.45, 2.75) is 13.8 Å². The summed E-state index contributed by atoms with van der Waals surface area (Å²) in [4.78, 5) is 26.6. The molecule has 0 saturated carbocycles. The summed E-state index contributed by atoms with van der Waals surface area (Å²) in [6, 6.07) is 13.5. The monoisotopic (exact) mass is 296 g/mol. The Labute approximate surface area is 130 Å². The van der Waals surface area contributed by atoms with Crippen molar-refractivity contribution >= 4 is 22.9 Å². The molecule has 22 heavy (non-hydrogen) atoms. The molecule has 0 unspecified atom stereocenters. The maximum atomic E-state index is 12.3. The van der Waals surface area contributed by atoms with Gasteiger partial charge >= 0.3 is 0 Å². The van der Waals surface area contributed by atoms with Crippen molar-refractivity contribution in [2.75, 3.05) is 23.7 Å². The smallest absolute Gasteiger partial charge is 0.233 e. The fourth-order valence-electron chi connectivity index (χ4n) is 2.31. The van der Waals surface area contributed by atoms with E-state index < -0.39 is 11.6 Å². The van der Waals surface area contributed by atoms with E-state index in [9.17, 15) is 9.59 Å². The molecule has 114 valence electrons. The van der Waals surface area contributed by atoms with Crippen molar-refractivity contribution in [1.82, 2.24) is 0 Å². The van der Waals surface area contributed by atoms with Crippen LogP contribution >= 0.6 is 0 Å². The number of nitrogen functional groups attached to an aromatic ring is 1. The summed E-state index contributed by atoms with van der Waals surface area (Å²) in [5, 5.41) is 0. The van der Waals surface area contributed by atoms with Gasteiger partial charge in [-0.05, 0) is 62.4 Å². The standard InChI is InChI=1S/C18H20N2O2/c1-3-20(4-2)16-11-7-14(8-12-16)18(22)17(21)13-5-9-15(19)10-6-13/h5-12H,3-4,19H2,1-2H3. The Morgan fingerprint density at radius 2 is 1.23 bits per heavy atom. The molecule has 0 spiro atoms. The molecule has 0 fully saturated rings. The number of hydrogen-bond donors (Lipinski definition) is 1. The molecule has 4 heteroatoms. The number of carbonyl (C=O) groups excluding carboxylic acids is 2. The second-order valence-corrected chi connectivity index (χ2v) is 5.00. The van der Waals surface area contributed by atoms with Gasteiger partial charge in [-0.15, -0.1) is 0 Å². The van der Waals surface area contributed by atoms with Crippen LogP contribution in [0.25, 0.3) is 0 Å². The molecule has 0 heterocycles. The Hall–Kier alpha value is -2.62. The van der Waals surface area contributed by atoms with Crippen molar-refractivity contribution in [3.8, 4) is 0 Å². The van der Waals surface area contributed by atoms with Gasteiger partial charge in [0, 0.05) is 35.6 Å². The summed E-state index contributed by atoms with van der Waals surface area (Å²) in [5.41, 5.74) is 7.94. The number of rotatable bonds is 6. The highest BCUT2D eigenvalue weighted by Gasteiger charge is 2.18. The van der Waals surface area contributed by atoms with Gasteiger partial charge in [-0.1, -0.05) is 0 Å². The summed E-state index contributed by atoms with van der Waals surface area (Å²) >= 11 is 0. The number of carbonyl (C=O) groups is 2. The van der Waals surface area contributed by atoms with Gasteiger partial charge < -0.3 is 10.6 Å². The molecule has 2 aromatic carbocycles. The van der Waals surface area contributed by atoms with E-state index in [0.717, 1.165) is 18.8 Å². The Morgan fingerprint density at radius 3 is 1.64 bits per heavy atom. The predicted octanol–water partition coefficient (Wildman–Crippen LogP) is 3.18. The molecule has 0 aliphatic heterocycles. The molecular formula is C18H20N2O2. The molecule has 0 saturated heterocycles. The molecule has 0 radical (unpaired) electrons. The van der Waals surface area contributed by atoms with E-state index in [-0.39, 0.29) is 0 Å². The van der Waals surface area contributed by atoms with Crippen LogP contribution in [-0.2, 0) is 0 Å². The van der Waals surface area contributed by atoms with Gasteiger partial charge in [-0.2, -0.15) is 0 Å². The highest BCUT2D eigenvalue weighted by atomic mass is 16.2. The molecule has 0 aliphatic carbocycles. The van der Waals surface area contributed by atoms with Gasteiger partial charge in [0.25, 0.3) is 0 Å². The Balaban J connectivity index is 2.19. The van der Waals surface area contributed by atoms with Crippen LogP contribution in [0, 0.1) is 0 Å². The van der Waals surface area contributed by atoms with Crippen molar-refractivity contribution in [3.05, 3.63) is 59.7 Å². The summed E-state index contributed by atoms with van der Waals surface area (Å²) < 4.78 is 0. The van der Waals surface area contributed by atoms with Gasteiger partial charge in [0.1, 0.15) is 0 Å². The molecule has 2 N–H and O–H groups in total. The van der Waals surface area contributed by atoms with Gasteiger partial charge in [0.15, 0.2) is 0 Å². The number of hydrogen-bond acceptors (Lipinski definition) is 4. The van der Waals surface area contributed by atoms with Crippen LogP contribution in [0.1, 0.15) is 34.6 Å². The number of benzene rings is 2. The quantitative estimate of drug-likeness (QED) is 0.505.